The van der Waals surface area contributed by atoms with Crippen LogP contribution in [-0.2, 0) is 0 Å². The van der Waals surface area contributed by atoms with Crippen LogP contribution < -0.4 is 5.32 Å². The monoisotopic (exact) mass is 355 g/mol. The molecule has 2 aromatic rings. The van der Waals surface area contributed by atoms with E-state index in [2.05, 4.69) is 10.3 Å². The van der Waals surface area contributed by atoms with Gasteiger partial charge >= 0.3 is 6.03 Å². The molecule has 1 aliphatic heterocycles. The van der Waals surface area contributed by atoms with Crippen molar-refractivity contribution in [3.05, 3.63) is 30.2 Å². The van der Waals surface area contributed by atoms with Crippen LogP contribution in [0.25, 0.3) is 11.1 Å². The van der Waals surface area contributed by atoms with E-state index < -0.39 is 0 Å². The van der Waals surface area contributed by atoms with Crippen molar-refractivity contribution >= 4 is 17.1 Å². The number of fused-ring (bicyclic) bond motifs is 1. The molecule has 26 heavy (non-hydrogen) atoms. The predicted molar refractivity (Wildman–Crippen MR) is 102 cm³/mol. The average Bonchev–Trinajstić information content (AvgIpc) is 3.08. The summed E-state index contributed by atoms with van der Waals surface area (Å²) in [5, 5.41) is 3.28. The summed E-state index contributed by atoms with van der Waals surface area (Å²) in [6, 6.07) is 8.38. The van der Waals surface area contributed by atoms with Gasteiger partial charge in [0.15, 0.2) is 11.5 Å². The number of nitrogens with zero attached hydrogens (tertiary/aromatic N) is 2. The van der Waals surface area contributed by atoms with Crippen molar-refractivity contribution in [2.75, 3.05) is 13.1 Å². The smallest absolute Gasteiger partial charge is 0.317 e. The van der Waals surface area contributed by atoms with E-state index in [4.69, 9.17) is 4.42 Å². The highest BCUT2D eigenvalue weighted by atomic mass is 16.3. The van der Waals surface area contributed by atoms with E-state index in [0.717, 1.165) is 55.8 Å². The summed E-state index contributed by atoms with van der Waals surface area (Å²) in [5.41, 5.74) is 1.78. The lowest BCUT2D eigenvalue weighted by Gasteiger charge is -2.32. The van der Waals surface area contributed by atoms with Crippen molar-refractivity contribution in [2.45, 2.75) is 69.7 Å². The topological polar surface area (TPSA) is 58.4 Å². The molecule has 2 fully saturated rings. The fourth-order valence-corrected chi connectivity index (χ4v) is 4.26. The Kier molecular flexibility index (Phi) is 5.42. The second-order valence-electron chi connectivity index (χ2n) is 7.77. The number of carbonyl (C=O) groups is 1. The molecule has 2 aliphatic rings. The SMILES string of the molecule is O=C(NC1CCCCCCC1)N1CCC(c2nc3ccccc3o2)CC1. The van der Waals surface area contributed by atoms with E-state index in [-0.39, 0.29) is 6.03 Å². The van der Waals surface area contributed by atoms with Crippen molar-refractivity contribution in [1.29, 1.82) is 0 Å². The molecule has 1 aliphatic carbocycles. The van der Waals surface area contributed by atoms with E-state index in [0.29, 0.717) is 12.0 Å². The molecule has 0 atom stereocenters. The third kappa shape index (κ3) is 4.02. The van der Waals surface area contributed by atoms with Crippen LogP contribution in [0.15, 0.2) is 28.7 Å². The maximum atomic E-state index is 12.6. The largest absolute Gasteiger partial charge is 0.440 e. The molecular weight excluding hydrogens is 326 g/mol. The van der Waals surface area contributed by atoms with Gasteiger partial charge in [-0.25, -0.2) is 9.78 Å². The molecule has 140 valence electrons. The molecule has 1 N–H and O–H groups in total. The number of amides is 2. The van der Waals surface area contributed by atoms with E-state index in [1.54, 1.807) is 0 Å². The van der Waals surface area contributed by atoms with Crippen LogP contribution in [-0.4, -0.2) is 35.0 Å². The van der Waals surface area contributed by atoms with Crippen molar-refractivity contribution < 1.29 is 9.21 Å². The lowest BCUT2D eigenvalue weighted by Crippen LogP contribution is -2.47. The van der Waals surface area contributed by atoms with Gasteiger partial charge in [0.05, 0.1) is 0 Å². The van der Waals surface area contributed by atoms with Crippen LogP contribution in [0.1, 0.15) is 69.6 Å². The summed E-state index contributed by atoms with van der Waals surface area (Å²) < 4.78 is 5.92. The first-order valence-electron chi connectivity index (χ1n) is 10.2. The van der Waals surface area contributed by atoms with Gasteiger partial charge in [-0.2, -0.15) is 0 Å². The standard InChI is InChI=1S/C21H29N3O2/c25-21(22-17-8-4-2-1-3-5-9-17)24-14-12-16(13-15-24)20-23-18-10-6-7-11-19(18)26-20/h6-7,10-11,16-17H,1-5,8-9,12-15H2,(H,22,25). The summed E-state index contributed by atoms with van der Waals surface area (Å²) >= 11 is 0. The number of hydrogen-bond donors (Lipinski definition) is 1. The van der Waals surface area contributed by atoms with Gasteiger partial charge in [0, 0.05) is 25.0 Å². The molecule has 0 unspecified atom stereocenters. The lowest BCUT2D eigenvalue weighted by atomic mass is 9.96. The first-order chi connectivity index (χ1) is 12.8. The van der Waals surface area contributed by atoms with Crippen molar-refractivity contribution in [3.8, 4) is 0 Å². The van der Waals surface area contributed by atoms with Gasteiger partial charge in [-0.3, -0.25) is 0 Å². The zero-order valence-corrected chi connectivity index (χ0v) is 15.5. The Morgan fingerprint density at radius 1 is 1.00 bits per heavy atom. The third-order valence-electron chi connectivity index (χ3n) is 5.87. The minimum atomic E-state index is 0.117. The molecular formula is C21H29N3O2. The Morgan fingerprint density at radius 2 is 1.69 bits per heavy atom. The molecule has 4 rings (SSSR count). The second kappa shape index (κ2) is 8.11. The first-order valence-corrected chi connectivity index (χ1v) is 10.2. The van der Waals surface area contributed by atoms with E-state index >= 15 is 0 Å². The fourth-order valence-electron chi connectivity index (χ4n) is 4.26. The molecule has 1 saturated carbocycles. The van der Waals surface area contributed by atoms with Gasteiger partial charge in [0.25, 0.3) is 0 Å². The Balaban J connectivity index is 1.30. The quantitative estimate of drug-likeness (QED) is 0.839. The minimum absolute atomic E-state index is 0.117. The molecule has 1 aromatic carbocycles. The van der Waals surface area contributed by atoms with Crippen LogP contribution in [0, 0.1) is 0 Å². The van der Waals surface area contributed by atoms with Crippen molar-refractivity contribution in [1.82, 2.24) is 15.2 Å². The second-order valence-corrected chi connectivity index (χ2v) is 7.77. The highest BCUT2D eigenvalue weighted by Gasteiger charge is 2.28. The molecule has 2 amide bonds. The highest BCUT2D eigenvalue weighted by Crippen LogP contribution is 2.30. The number of hydrogen-bond acceptors (Lipinski definition) is 3. The summed E-state index contributed by atoms with van der Waals surface area (Å²) in [4.78, 5) is 19.2. The Bertz CT molecular complexity index is 693. The Hall–Kier alpha value is -2.04. The molecule has 1 aromatic heterocycles. The molecule has 5 heteroatoms. The Morgan fingerprint density at radius 3 is 2.42 bits per heavy atom. The van der Waals surface area contributed by atoms with Gasteiger partial charge in [0.2, 0.25) is 0 Å². The number of urea groups is 1. The highest BCUT2D eigenvalue weighted by molar-refractivity contribution is 5.74. The summed E-state index contributed by atoms with van der Waals surface area (Å²) in [6.45, 7) is 1.56. The normalized spacial score (nSPS) is 20.7. The molecule has 0 spiro atoms. The zero-order valence-electron chi connectivity index (χ0n) is 15.5. The van der Waals surface area contributed by atoms with Crippen LogP contribution in [0.3, 0.4) is 0 Å². The van der Waals surface area contributed by atoms with Crippen LogP contribution >= 0.6 is 0 Å². The average molecular weight is 355 g/mol. The number of oxazole rings is 1. The van der Waals surface area contributed by atoms with Crippen molar-refractivity contribution in [3.63, 3.8) is 0 Å². The number of para-hydroxylation sites is 2. The van der Waals surface area contributed by atoms with E-state index in [9.17, 15) is 4.79 Å². The summed E-state index contributed by atoms with van der Waals surface area (Å²) in [7, 11) is 0. The van der Waals surface area contributed by atoms with E-state index in [1.165, 1.54) is 32.1 Å². The van der Waals surface area contributed by atoms with Crippen LogP contribution in [0.2, 0.25) is 0 Å². The molecule has 0 radical (unpaired) electrons. The van der Waals surface area contributed by atoms with E-state index in [1.807, 2.05) is 29.2 Å². The number of nitrogens with one attached hydrogen (secondary N) is 1. The molecule has 5 nitrogen and oxygen atoms in total. The number of carbonyl (C=O) groups excluding carboxylic acids is 1. The maximum Gasteiger partial charge on any atom is 0.317 e. The molecule has 0 bridgehead atoms. The van der Waals surface area contributed by atoms with Gasteiger partial charge in [-0.1, -0.05) is 44.2 Å². The van der Waals surface area contributed by atoms with Crippen LogP contribution in [0.5, 0.6) is 0 Å². The van der Waals surface area contributed by atoms with Gasteiger partial charge in [-0.05, 0) is 37.8 Å². The number of aromatic nitrogens is 1. The fraction of sp³-hybridized carbons (Fsp3) is 0.619. The minimum Gasteiger partial charge on any atom is -0.440 e. The van der Waals surface area contributed by atoms with Gasteiger partial charge in [-0.15, -0.1) is 0 Å². The van der Waals surface area contributed by atoms with Gasteiger partial charge < -0.3 is 14.6 Å². The first kappa shape index (κ1) is 17.4. The summed E-state index contributed by atoms with van der Waals surface area (Å²) in [6.07, 6.45) is 10.6. The van der Waals surface area contributed by atoms with Crippen molar-refractivity contribution in [2.24, 2.45) is 0 Å². The lowest BCUT2D eigenvalue weighted by molar-refractivity contribution is 0.172. The zero-order chi connectivity index (χ0) is 17.8. The molecule has 1 saturated heterocycles. The third-order valence-corrected chi connectivity index (χ3v) is 5.87. The van der Waals surface area contributed by atoms with Crippen LogP contribution in [0.4, 0.5) is 4.79 Å². The maximum absolute atomic E-state index is 12.6. The summed E-state index contributed by atoms with van der Waals surface area (Å²) in [5.74, 6) is 1.14. The number of likely N-dealkylation sites (tertiary alicyclic amines) is 1. The number of benzene rings is 1. The predicted octanol–water partition coefficient (Wildman–Crippen LogP) is 4.83. The number of piperidine rings is 1. The molecule has 2 heterocycles. The van der Waals surface area contributed by atoms with Gasteiger partial charge in [0.1, 0.15) is 5.52 Å². The Labute approximate surface area is 155 Å². The number of rotatable bonds is 2.